The van der Waals surface area contributed by atoms with Gasteiger partial charge in [0.2, 0.25) is 5.91 Å². The largest absolute Gasteiger partial charge is 0.497 e. The van der Waals surface area contributed by atoms with Gasteiger partial charge in [-0.25, -0.2) is 4.39 Å². The van der Waals surface area contributed by atoms with Crippen molar-refractivity contribution in [1.29, 1.82) is 0 Å². The minimum Gasteiger partial charge on any atom is -0.497 e. The third kappa shape index (κ3) is 2.79. The Labute approximate surface area is 126 Å². The molecule has 0 fully saturated rings. The van der Waals surface area contributed by atoms with E-state index in [1.165, 1.54) is 6.07 Å². The lowest BCUT2D eigenvalue weighted by molar-refractivity contribution is -0.115. The number of fused-ring (bicyclic) bond motifs is 1. The number of amides is 1. The molecule has 0 bridgehead atoms. The monoisotopic (exact) mass is 298 g/mol. The molecule has 2 N–H and O–H groups in total. The topological polar surface area (TPSA) is 54.1 Å². The van der Waals surface area contributed by atoms with Crippen LogP contribution in [-0.2, 0) is 11.2 Å². The van der Waals surface area contributed by atoms with Gasteiger partial charge in [-0.2, -0.15) is 0 Å². The summed E-state index contributed by atoms with van der Waals surface area (Å²) in [6.45, 7) is 0. The highest BCUT2D eigenvalue weighted by atomic mass is 19.1. The van der Waals surface area contributed by atoms with Crippen LogP contribution in [0.3, 0.4) is 0 Å². The third-order valence-corrected chi connectivity index (χ3v) is 3.46. The lowest BCUT2D eigenvalue weighted by atomic mass is 10.1. The average molecular weight is 298 g/mol. The van der Waals surface area contributed by atoms with E-state index in [2.05, 4.69) is 10.3 Å². The first-order valence-electron chi connectivity index (χ1n) is 6.86. The Morgan fingerprint density at radius 3 is 2.73 bits per heavy atom. The molecular weight excluding hydrogens is 283 g/mol. The summed E-state index contributed by atoms with van der Waals surface area (Å²) < 4.78 is 18.9. The number of halogens is 1. The van der Waals surface area contributed by atoms with Crippen molar-refractivity contribution < 1.29 is 13.9 Å². The average Bonchev–Trinajstić information content (AvgIpc) is 2.92. The number of H-pyrrole nitrogens is 1. The fourth-order valence-electron chi connectivity index (χ4n) is 2.40. The van der Waals surface area contributed by atoms with E-state index in [0.29, 0.717) is 22.2 Å². The fraction of sp³-hybridized carbons (Fsp3) is 0.118. The molecule has 1 aromatic heterocycles. The number of methoxy groups -OCH3 is 1. The number of benzene rings is 2. The van der Waals surface area contributed by atoms with E-state index in [1.807, 2.05) is 0 Å². The Morgan fingerprint density at radius 1 is 1.23 bits per heavy atom. The van der Waals surface area contributed by atoms with Crippen molar-refractivity contribution in [3.63, 3.8) is 0 Å². The lowest BCUT2D eigenvalue weighted by Crippen LogP contribution is -2.14. The van der Waals surface area contributed by atoms with Gasteiger partial charge in [0.15, 0.2) is 0 Å². The predicted octanol–water partition coefficient (Wildman–Crippen LogP) is 3.50. The molecule has 1 heterocycles. The third-order valence-electron chi connectivity index (χ3n) is 3.46. The number of hydrogen-bond acceptors (Lipinski definition) is 2. The van der Waals surface area contributed by atoms with E-state index in [-0.39, 0.29) is 18.1 Å². The first-order valence-corrected chi connectivity index (χ1v) is 6.86. The summed E-state index contributed by atoms with van der Waals surface area (Å²) in [5.74, 6) is 0.192. The number of carbonyl (C=O) groups excluding carboxylic acids is 1. The Kier molecular flexibility index (Phi) is 3.78. The van der Waals surface area contributed by atoms with Crippen molar-refractivity contribution in [2.75, 3.05) is 12.4 Å². The molecule has 22 heavy (non-hydrogen) atoms. The van der Waals surface area contributed by atoms with Crippen molar-refractivity contribution in [2.45, 2.75) is 6.42 Å². The van der Waals surface area contributed by atoms with Crippen molar-refractivity contribution in [3.8, 4) is 5.75 Å². The Hall–Kier alpha value is -2.82. The van der Waals surface area contributed by atoms with E-state index in [0.717, 1.165) is 5.75 Å². The summed E-state index contributed by atoms with van der Waals surface area (Å²) in [6.07, 6.45) is 1.77. The van der Waals surface area contributed by atoms with Crippen molar-refractivity contribution in [1.82, 2.24) is 4.98 Å². The molecule has 3 aromatic rings. The minimum absolute atomic E-state index is 0.104. The van der Waals surface area contributed by atoms with E-state index in [1.54, 1.807) is 49.7 Å². The van der Waals surface area contributed by atoms with Crippen LogP contribution in [-0.4, -0.2) is 18.0 Å². The highest BCUT2D eigenvalue weighted by molar-refractivity contribution is 5.95. The van der Waals surface area contributed by atoms with Gasteiger partial charge in [-0.3, -0.25) is 4.79 Å². The zero-order valence-electron chi connectivity index (χ0n) is 12.0. The van der Waals surface area contributed by atoms with Crippen molar-refractivity contribution in [3.05, 3.63) is 60.0 Å². The molecule has 112 valence electrons. The van der Waals surface area contributed by atoms with Crippen molar-refractivity contribution >= 4 is 22.5 Å². The van der Waals surface area contributed by atoms with E-state index >= 15 is 0 Å². The molecule has 0 aliphatic carbocycles. The number of anilines is 1. The highest BCUT2D eigenvalue weighted by Gasteiger charge is 2.12. The lowest BCUT2D eigenvalue weighted by Gasteiger charge is -2.06. The van der Waals surface area contributed by atoms with Gasteiger partial charge in [0, 0.05) is 22.8 Å². The molecule has 0 aliphatic heterocycles. The van der Waals surface area contributed by atoms with Crippen LogP contribution in [0.2, 0.25) is 0 Å². The number of rotatable bonds is 4. The SMILES string of the molecule is COc1ccc(NC(=O)Cc2c[nH]c3cccc(F)c23)cc1. The van der Waals surface area contributed by atoms with Crippen LogP contribution >= 0.6 is 0 Å². The number of nitrogens with one attached hydrogen (secondary N) is 2. The number of aromatic nitrogens is 1. The van der Waals surface area contributed by atoms with E-state index in [9.17, 15) is 9.18 Å². The first kappa shape index (κ1) is 14.1. The Bertz CT molecular complexity index is 809. The van der Waals surface area contributed by atoms with Gasteiger partial charge in [0.25, 0.3) is 0 Å². The number of hydrogen-bond donors (Lipinski definition) is 2. The molecule has 0 unspecified atom stereocenters. The predicted molar refractivity (Wildman–Crippen MR) is 83.6 cm³/mol. The van der Waals surface area contributed by atoms with Gasteiger partial charge in [-0.15, -0.1) is 0 Å². The number of aromatic amines is 1. The molecular formula is C17H15FN2O2. The van der Waals surface area contributed by atoms with Crippen LogP contribution in [0.1, 0.15) is 5.56 Å². The zero-order valence-corrected chi connectivity index (χ0v) is 12.0. The van der Waals surface area contributed by atoms with Crippen LogP contribution in [0.4, 0.5) is 10.1 Å². The summed E-state index contributed by atoms with van der Waals surface area (Å²) in [7, 11) is 1.58. The maximum Gasteiger partial charge on any atom is 0.228 e. The quantitative estimate of drug-likeness (QED) is 0.774. The molecule has 3 rings (SSSR count). The van der Waals surface area contributed by atoms with Crippen LogP contribution in [0.15, 0.2) is 48.7 Å². The Morgan fingerprint density at radius 2 is 2.00 bits per heavy atom. The molecule has 0 aliphatic rings. The second kappa shape index (κ2) is 5.89. The standard InChI is InChI=1S/C17H15FN2O2/c1-22-13-7-5-12(6-8-13)20-16(21)9-11-10-19-15-4-2-3-14(18)17(11)15/h2-8,10,19H,9H2,1H3,(H,20,21). The highest BCUT2D eigenvalue weighted by Crippen LogP contribution is 2.22. The maximum atomic E-state index is 13.9. The van der Waals surface area contributed by atoms with E-state index in [4.69, 9.17) is 4.74 Å². The minimum atomic E-state index is -0.328. The second-order valence-electron chi connectivity index (χ2n) is 4.93. The summed E-state index contributed by atoms with van der Waals surface area (Å²) in [6, 6.07) is 11.8. The van der Waals surface area contributed by atoms with Gasteiger partial charge in [0.1, 0.15) is 11.6 Å². The van der Waals surface area contributed by atoms with Gasteiger partial charge in [0.05, 0.1) is 13.5 Å². The number of carbonyl (C=O) groups is 1. The molecule has 0 saturated carbocycles. The summed E-state index contributed by atoms with van der Waals surface area (Å²) >= 11 is 0. The molecule has 4 nitrogen and oxygen atoms in total. The Balaban J connectivity index is 1.75. The zero-order chi connectivity index (χ0) is 15.5. The van der Waals surface area contributed by atoms with Gasteiger partial charge in [-0.05, 0) is 42.0 Å². The molecule has 0 saturated heterocycles. The molecule has 1 amide bonds. The number of ether oxygens (including phenoxy) is 1. The van der Waals surface area contributed by atoms with Crippen LogP contribution in [0.5, 0.6) is 5.75 Å². The van der Waals surface area contributed by atoms with Crippen LogP contribution < -0.4 is 10.1 Å². The maximum absolute atomic E-state index is 13.9. The normalized spacial score (nSPS) is 10.6. The summed E-state index contributed by atoms with van der Waals surface area (Å²) in [4.78, 5) is 15.1. The van der Waals surface area contributed by atoms with Crippen molar-refractivity contribution in [2.24, 2.45) is 0 Å². The van der Waals surface area contributed by atoms with Gasteiger partial charge >= 0.3 is 0 Å². The van der Waals surface area contributed by atoms with Gasteiger partial charge < -0.3 is 15.0 Å². The van der Waals surface area contributed by atoms with Crippen LogP contribution in [0.25, 0.3) is 10.9 Å². The smallest absolute Gasteiger partial charge is 0.228 e. The second-order valence-corrected chi connectivity index (χ2v) is 4.93. The van der Waals surface area contributed by atoms with Crippen LogP contribution in [0, 0.1) is 5.82 Å². The first-order chi connectivity index (χ1) is 10.7. The molecule has 5 heteroatoms. The summed E-state index contributed by atoms with van der Waals surface area (Å²) in [5.41, 5.74) is 2.00. The molecule has 0 atom stereocenters. The van der Waals surface area contributed by atoms with E-state index < -0.39 is 0 Å². The molecule has 0 radical (unpaired) electrons. The van der Waals surface area contributed by atoms with Gasteiger partial charge in [-0.1, -0.05) is 6.07 Å². The summed E-state index contributed by atoms with van der Waals surface area (Å²) in [5, 5.41) is 3.25. The molecule has 0 spiro atoms. The molecule has 2 aromatic carbocycles. The fourth-order valence-corrected chi connectivity index (χ4v) is 2.40.